The van der Waals surface area contributed by atoms with Gasteiger partial charge in [-0.25, -0.2) is 0 Å². The summed E-state index contributed by atoms with van der Waals surface area (Å²) in [5, 5.41) is 19.5. The Morgan fingerprint density at radius 3 is 2.85 bits per heavy atom. The van der Waals surface area contributed by atoms with Gasteiger partial charge < -0.3 is 10.5 Å². The Hall–Kier alpha value is -2.17. The molecule has 0 aliphatic carbocycles. The van der Waals surface area contributed by atoms with Crippen LogP contribution in [0.25, 0.3) is 0 Å². The van der Waals surface area contributed by atoms with E-state index in [9.17, 15) is 10.1 Å². The number of ether oxygens (including phenoxy) is 1. The van der Waals surface area contributed by atoms with Crippen LogP contribution in [0, 0.1) is 21.4 Å². The number of hydrogen-bond acceptors (Lipinski definition) is 6. The van der Waals surface area contributed by atoms with E-state index in [1.165, 1.54) is 12.1 Å². The normalized spacial score (nSPS) is 10.4. The summed E-state index contributed by atoms with van der Waals surface area (Å²) < 4.78 is 5.02. The average Bonchev–Trinajstić information content (AvgIpc) is 2.43. The summed E-state index contributed by atoms with van der Waals surface area (Å²) >= 11 is 0. The molecule has 1 aromatic rings. The van der Waals surface area contributed by atoms with Crippen LogP contribution in [0.15, 0.2) is 18.2 Å². The van der Waals surface area contributed by atoms with E-state index in [1.54, 1.807) is 13.2 Å². The van der Waals surface area contributed by atoms with Gasteiger partial charge in [0.05, 0.1) is 17.6 Å². The van der Waals surface area contributed by atoms with E-state index >= 15 is 0 Å². The van der Waals surface area contributed by atoms with Gasteiger partial charge in [-0.05, 0) is 11.6 Å². The van der Waals surface area contributed by atoms with Gasteiger partial charge in [-0.2, -0.15) is 5.26 Å². The van der Waals surface area contributed by atoms with Crippen LogP contribution in [0.2, 0.25) is 0 Å². The highest BCUT2D eigenvalue weighted by Crippen LogP contribution is 2.23. The number of nitrogens with two attached hydrogens (primary N) is 1. The van der Waals surface area contributed by atoms with Crippen LogP contribution >= 0.6 is 0 Å². The topological polar surface area (TPSA) is 105 Å². The van der Waals surface area contributed by atoms with Crippen LogP contribution in [0.4, 0.5) is 11.4 Å². The van der Waals surface area contributed by atoms with Crippen LogP contribution in [0.1, 0.15) is 12.0 Å². The average molecular weight is 278 g/mol. The van der Waals surface area contributed by atoms with Gasteiger partial charge in [-0.3, -0.25) is 15.0 Å². The van der Waals surface area contributed by atoms with Crippen molar-refractivity contribution >= 4 is 11.4 Å². The standard InChI is InChI=1S/C13H18N4O3/c1-20-8-7-16(6-2-5-14)10-11-3-4-12(15)13(9-11)17(18)19/h3-4,9H,2,6-8,10,15H2,1H3. The van der Waals surface area contributed by atoms with E-state index in [1.807, 2.05) is 4.90 Å². The highest BCUT2D eigenvalue weighted by Gasteiger charge is 2.13. The fourth-order valence-corrected chi connectivity index (χ4v) is 1.80. The first-order valence-corrected chi connectivity index (χ1v) is 6.19. The Labute approximate surface area is 117 Å². The first kappa shape index (κ1) is 15.9. The van der Waals surface area contributed by atoms with E-state index in [2.05, 4.69) is 6.07 Å². The van der Waals surface area contributed by atoms with Gasteiger partial charge in [0.25, 0.3) is 5.69 Å². The molecule has 0 fully saturated rings. The second-order valence-electron chi connectivity index (χ2n) is 4.33. The van der Waals surface area contributed by atoms with Gasteiger partial charge in [0.2, 0.25) is 0 Å². The van der Waals surface area contributed by atoms with Crippen molar-refractivity contribution in [2.45, 2.75) is 13.0 Å². The van der Waals surface area contributed by atoms with E-state index in [-0.39, 0.29) is 11.4 Å². The third kappa shape index (κ3) is 4.84. The number of benzene rings is 1. The lowest BCUT2D eigenvalue weighted by Crippen LogP contribution is -2.28. The molecule has 0 saturated carbocycles. The van der Waals surface area contributed by atoms with Crippen LogP contribution in [-0.4, -0.2) is 36.6 Å². The number of nitrogens with zero attached hydrogens (tertiary/aromatic N) is 3. The molecule has 0 saturated heterocycles. The fourth-order valence-electron chi connectivity index (χ4n) is 1.80. The lowest BCUT2D eigenvalue weighted by molar-refractivity contribution is -0.384. The minimum atomic E-state index is -0.492. The molecule has 1 aromatic carbocycles. The molecule has 0 bridgehead atoms. The highest BCUT2D eigenvalue weighted by atomic mass is 16.6. The lowest BCUT2D eigenvalue weighted by atomic mass is 10.1. The maximum Gasteiger partial charge on any atom is 0.292 e. The molecule has 0 aromatic heterocycles. The SMILES string of the molecule is COCCN(CCC#N)Cc1ccc(N)c([N+](=O)[O-])c1. The van der Waals surface area contributed by atoms with Crippen molar-refractivity contribution in [2.24, 2.45) is 0 Å². The largest absolute Gasteiger partial charge is 0.393 e. The highest BCUT2D eigenvalue weighted by molar-refractivity contribution is 5.59. The van der Waals surface area contributed by atoms with Gasteiger partial charge in [0, 0.05) is 39.2 Å². The van der Waals surface area contributed by atoms with E-state index in [0.29, 0.717) is 32.7 Å². The Morgan fingerprint density at radius 1 is 1.50 bits per heavy atom. The summed E-state index contributed by atoms with van der Waals surface area (Å²) in [5.41, 5.74) is 6.42. The third-order valence-electron chi connectivity index (χ3n) is 2.85. The number of hydrogen-bond donors (Lipinski definition) is 1. The molecule has 7 heteroatoms. The number of nitro groups is 1. The predicted molar refractivity (Wildman–Crippen MR) is 74.9 cm³/mol. The van der Waals surface area contributed by atoms with Crippen LogP contribution in [0.5, 0.6) is 0 Å². The first-order valence-electron chi connectivity index (χ1n) is 6.19. The molecule has 0 unspecified atom stereocenters. The van der Waals surface area contributed by atoms with Crippen molar-refractivity contribution in [2.75, 3.05) is 32.5 Å². The molecule has 7 nitrogen and oxygen atoms in total. The van der Waals surface area contributed by atoms with Crippen LogP contribution in [0.3, 0.4) is 0 Å². The zero-order chi connectivity index (χ0) is 15.0. The second kappa shape index (κ2) is 8.09. The first-order chi connectivity index (χ1) is 9.58. The Balaban J connectivity index is 2.79. The van der Waals surface area contributed by atoms with Gasteiger partial charge in [0.1, 0.15) is 5.69 Å². The van der Waals surface area contributed by atoms with Crippen LogP contribution < -0.4 is 5.73 Å². The molecular formula is C13H18N4O3. The van der Waals surface area contributed by atoms with Gasteiger partial charge >= 0.3 is 0 Å². The third-order valence-corrected chi connectivity index (χ3v) is 2.85. The maximum atomic E-state index is 10.9. The summed E-state index contributed by atoms with van der Waals surface area (Å²) in [7, 11) is 1.61. The Morgan fingerprint density at radius 2 is 2.25 bits per heavy atom. The number of nitrogen functional groups attached to an aromatic ring is 1. The smallest absolute Gasteiger partial charge is 0.292 e. The number of anilines is 1. The molecule has 0 aliphatic rings. The van der Waals surface area contributed by atoms with Gasteiger partial charge in [-0.1, -0.05) is 6.07 Å². The molecular weight excluding hydrogens is 260 g/mol. The molecule has 20 heavy (non-hydrogen) atoms. The molecule has 0 atom stereocenters. The predicted octanol–water partition coefficient (Wildman–Crippen LogP) is 1.54. The quantitative estimate of drug-likeness (QED) is 0.439. The van der Waals surface area contributed by atoms with Crippen molar-refractivity contribution < 1.29 is 9.66 Å². The summed E-state index contributed by atoms with van der Waals surface area (Å²) in [6.45, 7) is 2.32. The Kier molecular flexibility index (Phi) is 6.43. The molecule has 0 spiro atoms. The summed E-state index contributed by atoms with van der Waals surface area (Å²) in [6, 6.07) is 6.85. The summed E-state index contributed by atoms with van der Waals surface area (Å²) in [6.07, 6.45) is 0.404. The molecule has 108 valence electrons. The molecule has 1 rings (SSSR count). The molecule has 0 heterocycles. The minimum absolute atomic E-state index is 0.0884. The zero-order valence-corrected chi connectivity index (χ0v) is 11.4. The van der Waals surface area contributed by atoms with Crippen molar-refractivity contribution in [3.8, 4) is 6.07 Å². The van der Waals surface area contributed by atoms with E-state index < -0.39 is 4.92 Å². The molecule has 0 radical (unpaired) electrons. The maximum absolute atomic E-state index is 10.9. The number of nitro benzene ring substituents is 1. The monoisotopic (exact) mass is 278 g/mol. The van der Waals surface area contributed by atoms with E-state index in [0.717, 1.165) is 5.56 Å². The minimum Gasteiger partial charge on any atom is -0.393 e. The van der Waals surface area contributed by atoms with Crippen molar-refractivity contribution in [3.05, 3.63) is 33.9 Å². The lowest BCUT2D eigenvalue weighted by Gasteiger charge is -2.20. The summed E-state index contributed by atoms with van der Waals surface area (Å²) in [5.74, 6) is 0. The fraction of sp³-hybridized carbons (Fsp3) is 0.462. The molecule has 2 N–H and O–H groups in total. The van der Waals surface area contributed by atoms with E-state index in [4.69, 9.17) is 15.7 Å². The van der Waals surface area contributed by atoms with Crippen molar-refractivity contribution in [1.82, 2.24) is 4.90 Å². The molecule has 0 amide bonds. The van der Waals surface area contributed by atoms with Gasteiger partial charge in [0.15, 0.2) is 0 Å². The number of nitriles is 1. The number of rotatable bonds is 8. The van der Waals surface area contributed by atoms with Crippen molar-refractivity contribution in [1.29, 1.82) is 5.26 Å². The summed E-state index contributed by atoms with van der Waals surface area (Å²) in [4.78, 5) is 12.4. The second-order valence-corrected chi connectivity index (χ2v) is 4.33. The molecule has 0 aliphatic heterocycles. The zero-order valence-electron chi connectivity index (χ0n) is 11.4. The Bertz CT molecular complexity index is 499. The van der Waals surface area contributed by atoms with Gasteiger partial charge in [-0.15, -0.1) is 0 Å². The number of methoxy groups -OCH3 is 1. The van der Waals surface area contributed by atoms with Crippen molar-refractivity contribution in [3.63, 3.8) is 0 Å². The van der Waals surface area contributed by atoms with Crippen LogP contribution in [-0.2, 0) is 11.3 Å².